The minimum Gasteiger partial charge on any atom is -0.456 e. The molecule has 3 nitrogen and oxygen atoms in total. The molecule has 0 radical (unpaired) electrons. The molecular formula is C18H14Cl2O3. The maximum absolute atomic E-state index is 12.0. The topological polar surface area (TPSA) is 47.3 Å². The van der Waals surface area contributed by atoms with Crippen molar-refractivity contribution >= 4 is 56.7 Å². The quantitative estimate of drug-likeness (QED) is 0.453. The summed E-state index contributed by atoms with van der Waals surface area (Å²) in [6, 6.07) is 10.6. The van der Waals surface area contributed by atoms with E-state index < -0.39 is 0 Å². The molecule has 0 saturated carbocycles. The van der Waals surface area contributed by atoms with Gasteiger partial charge in [0.2, 0.25) is 0 Å². The minimum atomic E-state index is -0.00868. The second-order valence-corrected chi connectivity index (χ2v) is 6.00. The molecule has 2 aromatic carbocycles. The molecule has 0 bridgehead atoms. The Kier molecular flexibility index (Phi) is 4.69. The summed E-state index contributed by atoms with van der Waals surface area (Å²) in [5, 5.41) is 1.64. The predicted octanol–water partition coefficient (Wildman–Crippen LogP) is 5.21. The van der Waals surface area contributed by atoms with Crippen LogP contribution < -0.4 is 0 Å². The van der Waals surface area contributed by atoms with Crippen molar-refractivity contribution in [3.8, 4) is 0 Å². The number of hydrogen-bond donors (Lipinski definition) is 0. The van der Waals surface area contributed by atoms with Crippen molar-refractivity contribution in [2.75, 3.05) is 11.8 Å². The van der Waals surface area contributed by atoms with E-state index in [4.69, 9.17) is 27.6 Å². The van der Waals surface area contributed by atoms with Crippen molar-refractivity contribution in [1.29, 1.82) is 0 Å². The van der Waals surface area contributed by atoms with Crippen molar-refractivity contribution in [3.05, 3.63) is 47.5 Å². The van der Waals surface area contributed by atoms with Crippen LogP contribution in [-0.2, 0) is 0 Å². The van der Waals surface area contributed by atoms with E-state index in [0.29, 0.717) is 46.9 Å². The number of carbonyl (C=O) groups excluding carboxylic acids is 2. The Morgan fingerprint density at radius 3 is 1.61 bits per heavy atom. The van der Waals surface area contributed by atoms with E-state index in [9.17, 15) is 9.59 Å². The van der Waals surface area contributed by atoms with Crippen molar-refractivity contribution in [2.24, 2.45) is 0 Å². The van der Waals surface area contributed by atoms with Crippen LogP contribution >= 0.6 is 23.2 Å². The summed E-state index contributed by atoms with van der Waals surface area (Å²) in [5.74, 6) is 0.566. The van der Waals surface area contributed by atoms with E-state index in [2.05, 4.69) is 0 Å². The highest BCUT2D eigenvalue weighted by molar-refractivity contribution is 6.20. The highest BCUT2D eigenvalue weighted by Gasteiger charge is 2.13. The first-order valence-corrected chi connectivity index (χ1v) is 8.35. The maximum Gasteiger partial charge on any atom is 0.164 e. The number of hydrogen-bond acceptors (Lipinski definition) is 3. The van der Waals surface area contributed by atoms with Gasteiger partial charge >= 0.3 is 0 Å². The number of carbonyl (C=O) groups is 2. The van der Waals surface area contributed by atoms with E-state index in [0.717, 1.165) is 10.8 Å². The number of fused-ring (bicyclic) bond motifs is 3. The fraction of sp³-hybridized carbons (Fsp3) is 0.222. The molecule has 0 unspecified atom stereocenters. The lowest BCUT2D eigenvalue weighted by Crippen LogP contribution is -1.99. The molecule has 1 aromatic heterocycles. The van der Waals surface area contributed by atoms with Gasteiger partial charge in [0, 0.05) is 46.5 Å². The standard InChI is InChI=1S/C18H14Cl2O3/c19-7-5-15(21)11-1-3-17-13(9-11)14-10-12(16(22)6-8-20)2-4-18(14)23-17/h1-4,9-10H,5-8H2. The van der Waals surface area contributed by atoms with Gasteiger partial charge in [-0.15, -0.1) is 23.2 Å². The Bertz CT molecular complexity index is 824. The van der Waals surface area contributed by atoms with Crippen LogP contribution in [0.2, 0.25) is 0 Å². The van der Waals surface area contributed by atoms with Crippen LogP contribution in [0.1, 0.15) is 33.6 Å². The molecule has 3 rings (SSSR count). The second kappa shape index (κ2) is 6.73. The highest BCUT2D eigenvalue weighted by Crippen LogP contribution is 2.30. The zero-order valence-electron chi connectivity index (χ0n) is 12.3. The van der Waals surface area contributed by atoms with Gasteiger partial charge in [0.1, 0.15) is 11.2 Å². The van der Waals surface area contributed by atoms with Crippen molar-refractivity contribution in [2.45, 2.75) is 12.8 Å². The van der Waals surface area contributed by atoms with Crippen LogP contribution in [0.4, 0.5) is 0 Å². The molecule has 1 heterocycles. The lowest BCUT2D eigenvalue weighted by Gasteiger charge is -2.00. The third-order valence-corrected chi connectivity index (χ3v) is 4.13. The molecule has 0 fully saturated rings. The van der Waals surface area contributed by atoms with Crippen LogP contribution in [0.25, 0.3) is 21.9 Å². The van der Waals surface area contributed by atoms with Crippen molar-refractivity contribution in [3.63, 3.8) is 0 Å². The average molecular weight is 349 g/mol. The number of alkyl halides is 2. The molecule has 5 heteroatoms. The van der Waals surface area contributed by atoms with Gasteiger partial charge in [0.05, 0.1) is 0 Å². The van der Waals surface area contributed by atoms with Crippen LogP contribution in [-0.4, -0.2) is 23.3 Å². The van der Waals surface area contributed by atoms with E-state index in [-0.39, 0.29) is 11.6 Å². The summed E-state index contributed by atoms with van der Waals surface area (Å²) in [4.78, 5) is 24.0. The maximum atomic E-state index is 12.0. The lowest BCUT2D eigenvalue weighted by atomic mass is 10.0. The number of benzene rings is 2. The predicted molar refractivity (Wildman–Crippen MR) is 93.1 cm³/mol. The summed E-state index contributed by atoms with van der Waals surface area (Å²) >= 11 is 11.3. The number of halogens is 2. The first-order chi connectivity index (χ1) is 11.1. The van der Waals surface area contributed by atoms with Gasteiger partial charge in [-0.3, -0.25) is 9.59 Å². The molecule has 0 N–H and O–H groups in total. The normalized spacial score (nSPS) is 11.2. The zero-order chi connectivity index (χ0) is 16.4. The number of furan rings is 1. The fourth-order valence-electron chi connectivity index (χ4n) is 2.58. The SMILES string of the molecule is O=C(CCCl)c1ccc2oc3ccc(C(=O)CCCl)cc3c2c1. The molecule has 0 atom stereocenters. The molecule has 0 aliphatic rings. The van der Waals surface area contributed by atoms with Gasteiger partial charge in [-0.25, -0.2) is 0 Å². The number of rotatable bonds is 6. The molecular weight excluding hydrogens is 335 g/mol. The monoisotopic (exact) mass is 348 g/mol. The third kappa shape index (κ3) is 3.12. The van der Waals surface area contributed by atoms with Crippen LogP contribution in [0.3, 0.4) is 0 Å². The van der Waals surface area contributed by atoms with E-state index in [1.54, 1.807) is 36.4 Å². The molecule has 23 heavy (non-hydrogen) atoms. The zero-order valence-corrected chi connectivity index (χ0v) is 13.8. The molecule has 118 valence electrons. The Morgan fingerprint density at radius 2 is 1.22 bits per heavy atom. The lowest BCUT2D eigenvalue weighted by molar-refractivity contribution is 0.0981. The molecule has 0 amide bonds. The summed E-state index contributed by atoms with van der Waals surface area (Å²) in [7, 11) is 0. The molecule has 3 aromatic rings. The van der Waals surface area contributed by atoms with Gasteiger partial charge in [0.25, 0.3) is 0 Å². The Balaban J connectivity index is 2.13. The summed E-state index contributed by atoms with van der Waals surface area (Å²) in [6.45, 7) is 0. The van der Waals surface area contributed by atoms with E-state index >= 15 is 0 Å². The summed E-state index contributed by atoms with van der Waals surface area (Å²) in [6.07, 6.45) is 0.588. The van der Waals surface area contributed by atoms with Gasteiger partial charge in [-0.2, -0.15) is 0 Å². The third-order valence-electron chi connectivity index (χ3n) is 3.76. The van der Waals surface area contributed by atoms with E-state index in [1.807, 2.05) is 0 Å². The first-order valence-electron chi connectivity index (χ1n) is 7.28. The fourth-order valence-corrected chi connectivity index (χ4v) is 2.93. The summed E-state index contributed by atoms with van der Waals surface area (Å²) in [5.41, 5.74) is 2.56. The first kappa shape index (κ1) is 16.0. The van der Waals surface area contributed by atoms with Crippen LogP contribution in [0.15, 0.2) is 40.8 Å². The number of ketones is 2. The smallest absolute Gasteiger partial charge is 0.164 e. The van der Waals surface area contributed by atoms with Crippen molar-refractivity contribution < 1.29 is 14.0 Å². The van der Waals surface area contributed by atoms with Crippen molar-refractivity contribution in [1.82, 2.24) is 0 Å². The molecule has 0 aliphatic carbocycles. The molecule has 0 saturated heterocycles. The second-order valence-electron chi connectivity index (χ2n) is 5.25. The van der Waals surface area contributed by atoms with Crippen LogP contribution in [0, 0.1) is 0 Å². The summed E-state index contributed by atoms with van der Waals surface area (Å²) < 4.78 is 5.77. The molecule has 0 aliphatic heterocycles. The Morgan fingerprint density at radius 1 is 0.783 bits per heavy atom. The Labute approximate surface area is 143 Å². The largest absolute Gasteiger partial charge is 0.456 e. The average Bonchev–Trinajstić information content (AvgIpc) is 2.92. The van der Waals surface area contributed by atoms with Gasteiger partial charge in [-0.1, -0.05) is 0 Å². The highest BCUT2D eigenvalue weighted by atomic mass is 35.5. The number of Topliss-reactive ketones (excluding diaryl/α,β-unsaturated/α-hetero) is 2. The Hall–Kier alpha value is -1.84. The van der Waals surface area contributed by atoms with Gasteiger partial charge in [0.15, 0.2) is 11.6 Å². The van der Waals surface area contributed by atoms with Gasteiger partial charge in [-0.05, 0) is 36.4 Å². The van der Waals surface area contributed by atoms with E-state index in [1.165, 1.54) is 0 Å². The van der Waals surface area contributed by atoms with Crippen LogP contribution in [0.5, 0.6) is 0 Å². The molecule has 0 spiro atoms. The minimum absolute atomic E-state index is 0.00868. The van der Waals surface area contributed by atoms with Gasteiger partial charge < -0.3 is 4.42 Å².